The molecule has 0 atom stereocenters. The van der Waals surface area contributed by atoms with Crippen LogP contribution in [0.1, 0.15) is 11.1 Å². The lowest BCUT2D eigenvalue weighted by Crippen LogP contribution is -2.42. The normalized spacial score (nSPS) is 22.9. The van der Waals surface area contributed by atoms with Gasteiger partial charge in [0.25, 0.3) is 0 Å². The summed E-state index contributed by atoms with van der Waals surface area (Å²) in [6.45, 7) is 5.08. The van der Waals surface area contributed by atoms with Gasteiger partial charge in [0, 0.05) is 31.1 Å². The molecule has 2 rings (SSSR count). The first-order chi connectivity index (χ1) is 7.55. The van der Waals surface area contributed by atoms with E-state index in [2.05, 4.69) is 36.1 Å². The second kappa shape index (κ2) is 4.68. The van der Waals surface area contributed by atoms with E-state index in [9.17, 15) is 4.21 Å². The summed E-state index contributed by atoms with van der Waals surface area (Å²) in [4.78, 5) is 2.41. The van der Waals surface area contributed by atoms with Crippen molar-refractivity contribution >= 4 is 9.93 Å². The van der Waals surface area contributed by atoms with Crippen LogP contribution in [0, 0.1) is 6.92 Å². The summed E-state index contributed by atoms with van der Waals surface area (Å²) in [5, 5.41) is 0. The van der Waals surface area contributed by atoms with Gasteiger partial charge in [-0.25, -0.2) is 0 Å². The summed E-state index contributed by atoms with van der Waals surface area (Å²) in [6, 6.07) is 8.69. The molecule has 0 aromatic heterocycles. The molecule has 90 valence electrons. The molecule has 1 aromatic rings. The zero-order chi connectivity index (χ0) is 11.6. The maximum atomic E-state index is 11.8. The van der Waals surface area contributed by atoms with Crippen LogP contribution in [-0.2, 0) is 16.5 Å². The number of thiol groups is 1. The monoisotopic (exact) mass is 239 g/mol. The fraction of sp³-hybridized carbons (Fsp3) is 0.538. The molecule has 1 aromatic carbocycles. The first-order valence-corrected chi connectivity index (χ1v) is 8.41. The number of benzene rings is 1. The number of hydrogen-bond acceptors (Lipinski definition) is 2. The summed E-state index contributed by atoms with van der Waals surface area (Å²) >= 11 is 0. The molecule has 1 heterocycles. The fourth-order valence-corrected chi connectivity index (χ4v) is 3.67. The van der Waals surface area contributed by atoms with Crippen LogP contribution < -0.4 is 0 Å². The molecule has 0 bridgehead atoms. The highest BCUT2D eigenvalue weighted by molar-refractivity contribution is 8.02. The summed E-state index contributed by atoms with van der Waals surface area (Å²) in [7, 11) is -1.78. The molecule has 0 N–H and O–H groups in total. The minimum absolute atomic E-state index is 0.888. The Hall–Kier alpha value is -0.670. The highest BCUT2D eigenvalue weighted by Crippen LogP contribution is 2.13. The molecule has 1 aliphatic rings. The van der Waals surface area contributed by atoms with Gasteiger partial charge in [0.15, 0.2) is 0 Å². The molecule has 16 heavy (non-hydrogen) atoms. The Morgan fingerprint density at radius 3 is 2.31 bits per heavy atom. The third-order valence-electron chi connectivity index (χ3n) is 3.31. The third-order valence-corrected chi connectivity index (χ3v) is 5.60. The van der Waals surface area contributed by atoms with Gasteiger partial charge in [0.2, 0.25) is 0 Å². The van der Waals surface area contributed by atoms with Crippen LogP contribution >= 0.6 is 0 Å². The first kappa shape index (κ1) is 11.8. The van der Waals surface area contributed by atoms with E-state index in [-0.39, 0.29) is 0 Å². The van der Waals surface area contributed by atoms with Crippen molar-refractivity contribution in [2.24, 2.45) is 0 Å². The number of nitrogens with zero attached hydrogens (tertiary/aromatic N) is 1. The Balaban J connectivity index is 1.92. The van der Waals surface area contributed by atoms with Gasteiger partial charge < -0.3 is 0 Å². The van der Waals surface area contributed by atoms with E-state index in [0.717, 1.165) is 31.1 Å². The summed E-state index contributed by atoms with van der Waals surface area (Å²) in [5.74, 6) is 1.78. The Morgan fingerprint density at radius 2 is 1.75 bits per heavy atom. The second-order valence-electron chi connectivity index (χ2n) is 5.01. The molecule has 0 radical (unpaired) electrons. The lowest BCUT2D eigenvalue weighted by Gasteiger charge is -2.33. The lowest BCUT2D eigenvalue weighted by molar-refractivity contribution is 0.290. The highest BCUT2D eigenvalue weighted by atomic mass is 32.2. The van der Waals surface area contributed by atoms with E-state index in [1.807, 2.05) is 6.26 Å². The number of aryl methyl sites for hydroxylation is 1. The van der Waals surface area contributed by atoms with Gasteiger partial charge in [0.1, 0.15) is 0 Å². The number of hydrogen-bond donors (Lipinski definition) is 1. The lowest BCUT2D eigenvalue weighted by atomic mass is 10.1. The van der Waals surface area contributed by atoms with Crippen LogP contribution in [0.25, 0.3) is 0 Å². The van der Waals surface area contributed by atoms with Crippen molar-refractivity contribution in [2.45, 2.75) is 13.5 Å². The molecule has 3 heteroatoms. The van der Waals surface area contributed by atoms with Gasteiger partial charge >= 0.3 is 0 Å². The zero-order valence-electron chi connectivity index (χ0n) is 10.1. The predicted octanol–water partition coefficient (Wildman–Crippen LogP) is 1.46. The molecular formula is C13H21NOS. The Bertz CT molecular complexity index is 387. The quantitative estimate of drug-likeness (QED) is 0.789. The van der Waals surface area contributed by atoms with E-state index >= 15 is 0 Å². The van der Waals surface area contributed by atoms with Gasteiger partial charge in [-0.2, -0.15) is 0 Å². The minimum atomic E-state index is -1.78. The highest BCUT2D eigenvalue weighted by Gasteiger charge is 2.19. The van der Waals surface area contributed by atoms with Crippen molar-refractivity contribution < 1.29 is 4.21 Å². The molecule has 1 saturated heterocycles. The van der Waals surface area contributed by atoms with Gasteiger partial charge in [-0.15, -0.1) is 9.93 Å². The van der Waals surface area contributed by atoms with Crippen LogP contribution in [0.15, 0.2) is 24.3 Å². The zero-order valence-corrected chi connectivity index (χ0v) is 11.0. The van der Waals surface area contributed by atoms with E-state index in [1.54, 1.807) is 0 Å². The van der Waals surface area contributed by atoms with Crippen molar-refractivity contribution in [3.63, 3.8) is 0 Å². The molecule has 0 spiro atoms. The first-order valence-electron chi connectivity index (χ1n) is 5.89. The summed E-state index contributed by atoms with van der Waals surface area (Å²) < 4.78 is 11.8. The average molecular weight is 239 g/mol. The van der Waals surface area contributed by atoms with Crippen molar-refractivity contribution in [2.75, 3.05) is 30.9 Å². The maximum Gasteiger partial charge on any atom is 0.0234 e. The van der Waals surface area contributed by atoms with Crippen molar-refractivity contribution in [3.8, 4) is 0 Å². The number of rotatable bonds is 2. The predicted molar refractivity (Wildman–Crippen MR) is 71.7 cm³/mol. The molecule has 0 unspecified atom stereocenters. The standard InChI is InChI=1S/C13H21NOS/c1-12-3-5-13(6-4-12)11-14-7-9-16(2,15)10-8-14/h3-6,16H,7-11H2,1-2H3. The maximum absolute atomic E-state index is 11.8. The van der Waals surface area contributed by atoms with Gasteiger partial charge in [-0.3, -0.25) is 9.11 Å². The summed E-state index contributed by atoms with van der Waals surface area (Å²) in [6.07, 6.45) is 1.94. The van der Waals surface area contributed by atoms with E-state index in [4.69, 9.17) is 0 Å². The molecular weight excluding hydrogens is 218 g/mol. The third kappa shape index (κ3) is 3.16. The van der Waals surface area contributed by atoms with Gasteiger partial charge in [0.05, 0.1) is 0 Å². The Kier molecular flexibility index (Phi) is 3.45. The van der Waals surface area contributed by atoms with E-state index < -0.39 is 9.93 Å². The second-order valence-corrected chi connectivity index (χ2v) is 8.49. The molecule has 1 fully saturated rings. The van der Waals surface area contributed by atoms with E-state index in [0.29, 0.717) is 0 Å². The summed E-state index contributed by atoms with van der Waals surface area (Å²) in [5.41, 5.74) is 2.67. The Labute approximate surface area is 99.1 Å². The van der Waals surface area contributed by atoms with Crippen LogP contribution in [0.3, 0.4) is 0 Å². The molecule has 1 aliphatic heterocycles. The molecule has 2 nitrogen and oxygen atoms in total. The van der Waals surface area contributed by atoms with Crippen LogP contribution in [0.2, 0.25) is 0 Å². The molecule has 0 aliphatic carbocycles. The van der Waals surface area contributed by atoms with Gasteiger partial charge in [-0.1, -0.05) is 29.8 Å². The SMILES string of the molecule is Cc1ccc(CN2CC[SH](C)(=O)CC2)cc1. The largest absolute Gasteiger partial charge is 0.297 e. The van der Waals surface area contributed by atoms with Crippen molar-refractivity contribution in [1.29, 1.82) is 0 Å². The average Bonchev–Trinajstić information content (AvgIpc) is 2.24. The van der Waals surface area contributed by atoms with Crippen LogP contribution in [-0.4, -0.2) is 40.0 Å². The Morgan fingerprint density at radius 1 is 1.19 bits per heavy atom. The van der Waals surface area contributed by atoms with E-state index in [1.165, 1.54) is 11.1 Å². The molecule has 0 amide bonds. The van der Waals surface area contributed by atoms with Crippen molar-refractivity contribution in [3.05, 3.63) is 35.4 Å². The fourth-order valence-electron chi connectivity index (χ4n) is 2.04. The van der Waals surface area contributed by atoms with Crippen LogP contribution in [0.4, 0.5) is 0 Å². The van der Waals surface area contributed by atoms with Gasteiger partial charge in [-0.05, 0) is 18.7 Å². The topological polar surface area (TPSA) is 20.3 Å². The van der Waals surface area contributed by atoms with Crippen molar-refractivity contribution in [1.82, 2.24) is 4.90 Å². The molecule has 0 saturated carbocycles. The minimum Gasteiger partial charge on any atom is -0.297 e. The van der Waals surface area contributed by atoms with Crippen LogP contribution in [0.5, 0.6) is 0 Å². The smallest absolute Gasteiger partial charge is 0.0234 e.